The molecule has 1 aliphatic heterocycles. The van der Waals surface area contributed by atoms with Gasteiger partial charge in [-0.1, -0.05) is 36.4 Å². The number of rotatable bonds is 4. The number of hydrogen-bond acceptors (Lipinski definition) is 3. The van der Waals surface area contributed by atoms with Crippen LogP contribution in [0.25, 0.3) is 0 Å². The fraction of sp³-hybridized carbons (Fsp3) is 0.353. The molecule has 0 spiro atoms. The Labute approximate surface area is 120 Å². The molecule has 3 heteroatoms. The van der Waals surface area contributed by atoms with Gasteiger partial charge in [-0.15, -0.1) is 0 Å². The first-order chi connectivity index (χ1) is 9.92. The van der Waals surface area contributed by atoms with E-state index in [1.165, 1.54) is 11.1 Å². The topological polar surface area (TPSA) is 28.2 Å². The van der Waals surface area contributed by atoms with E-state index in [2.05, 4.69) is 51.6 Å². The highest BCUT2D eigenvalue weighted by atomic mass is 15.2. The maximum atomic E-state index is 4.22. The lowest BCUT2D eigenvalue weighted by Crippen LogP contribution is -2.46. The monoisotopic (exact) mass is 267 g/mol. The van der Waals surface area contributed by atoms with Gasteiger partial charge in [0.05, 0.1) is 0 Å². The summed E-state index contributed by atoms with van der Waals surface area (Å²) in [6.07, 6.45) is 4.93. The van der Waals surface area contributed by atoms with E-state index in [1.807, 2.05) is 18.5 Å². The Morgan fingerprint density at radius 2 is 2.05 bits per heavy atom. The van der Waals surface area contributed by atoms with Crippen LogP contribution in [0.4, 0.5) is 0 Å². The zero-order chi connectivity index (χ0) is 13.6. The maximum Gasteiger partial charge on any atom is 0.0465 e. The summed E-state index contributed by atoms with van der Waals surface area (Å²) in [5.41, 5.74) is 2.71. The van der Waals surface area contributed by atoms with Crippen LogP contribution in [0.3, 0.4) is 0 Å². The molecule has 1 aliphatic rings. The lowest BCUT2D eigenvalue weighted by Gasteiger charge is -2.33. The number of piperazine rings is 1. The molecule has 2 aromatic rings. The van der Waals surface area contributed by atoms with E-state index in [-0.39, 0.29) is 0 Å². The Kier molecular flexibility index (Phi) is 4.41. The van der Waals surface area contributed by atoms with E-state index in [9.17, 15) is 0 Å². The van der Waals surface area contributed by atoms with Gasteiger partial charge >= 0.3 is 0 Å². The number of pyridine rings is 1. The minimum atomic E-state index is 0.410. The average molecular weight is 267 g/mol. The largest absolute Gasteiger partial charge is 0.308 e. The van der Waals surface area contributed by atoms with Gasteiger partial charge < -0.3 is 5.32 Å². The van der Waals surface area contributed by atoms with Crippen LogP contribution in [0, 0.1) is 0 Å². The Morgan fingerprint density at radius 1 is 1.15 bits per heavy atom. The molecule has 2 heterocycles. The summed E-state index contributed by atoms with van der Waals surface area (Å²) in [4.78, 5) is 6.76. The minimum absolute atomic E-state index is 0.410. The summed E-state index contributed by atoms with van der Waals surface area (Å²) >= 11 is 0. The normalized spacial score (nSPS) is 19.9. The lowest BCUT2D eigenvalue weighted by atomic mass is 10.1. The highest BCUT2D eigenvalue weighted by Crippen LogP contribution is 2.16. The molecule has 0 radical (unpaired) electrons. The Bertz CT molecular complexity index is 512. The summed E-state index contributed by atoms with van der Waals surface area (Å²) in [7, 11) is 0. The molecule has 1 fully saturated rings. The van der Waals surface area contributed by atoms with E-state index < -0.39 is 0 Å². The fourth-order valence-electron chi connectivity index (χ4n) is 2.75. The standard InChI is InChI=1S/C17H21N3/c1-2-5-15(6-3-1)8-11-20-12-10-19-17(14-20)16-7-4-9-18-13-16/h1-7,9,13,17,19H,8,10-12,14H2. The van der Waals surface area contributed by atoms with Gasteiger partial charge in [-0.2, -0.15) is 0 Å². The third-order valence-corrected chi connectivity index (χ3v) is 3.91. The third-order valence-electron chi connectivity index (χ3n) is 3.91. The molecule has 0 bridgehead atoms. The summed E-state index contributed by atoms with van der Waals surface area (Å²) in [5.74, 6) is 0. The summed E-state index contributed by atoms with van der Waals surface area (Å²) in [6.45, 7) is 4.37. The van der Waals surface area contributed by atoms with Crippen LogP contribution in [0.1, 0.15) is 17.2 Å². The van der Waals surface area contributed by atoms with Gasteiger partial charge in [0.15, 0.2) is 0 Å². The molecular weight excluding hydrogens is 246 g/mol. The Morgan fingerprint density at radius 3 is 2.85 bits per heavy atom. The van der Waals surface area contributed by atoms with Crippen LogP contribution in [-0.4, -0.2) is 36.1 Å². The second-order valence-electron chi connectivity index (χ2n) is 5.33. The highest BCUT2D eigenvalue weighted by molar-refractivity contribution is 5.16. The van der Waals surface area contributed by atoms with Crippen LogP contribution >= 0.6 is 0 Å². The van der Waals surface area contributed by atoms with Gasteiger partial charge in [0.2, 0.25) is 0 Å². The quantitative estimate of drug-likeness (QED) is 0.921. The molecule has 0 aliphatic carbocycles. The van der Waals surface area contributed by atoms with Crippen LogP contribution < -0.4 is 5.32 Å². The van der Waals surface area contributed by atoms with E-state index >= 15 is 0 Å². The van der Waals surface area contributed by atoms with Gasteiger partial charge in [-0.25, -0.2) is 0 Å². The molecule has 0 amide bonds. The van der Waals surface area contributed by atoms with E-state index in [0.29, 0.717) is 6.04 Å². The van der Waals surface area contributed by atoms with E-state index in [0.717, 1.165) is 32.6 Å². The molecular formula is C17H21N3. The van der Waals surface area contributed by atoms with Crippen LogP contribution in [0.5, 0.6) is 0 Å². The zero-order valence-electron chi connectivity index (χ0n) is 11.7. The van der Waals surface area contributed by atoms with Gasteiger partial charge in [-0.3, -0.25) is 9.88 Å². The maximum absolute atomic E-state index is 4.22. The van der Waals surface area contributed by atoms with Crippen molar-refractivity contribution < 1.29 is 0 Å². The van der Waals surface area contributed by atoms with Crippen molar-refractivity contribution in [3.05, 3.63) is 66.0 Å². The van der Waals surface area contributed by atoms with Gasteiger partial charge in [0.1, 0.15) is 0 Å². The van der Waals surface area contributed by atoms with Crippen molar-refractivity contribution in [2.24, 2.45) is 0 Å². The molecule has 20 heavy (non-hydrogen) atoms. The zero-order valence-corrected chi connectivity index (χ0v) is 11.7. The van der Waals surface area contributed by atoms with Crippen LogP contribution in [0.2, 0.25) is 0 Å². The predicted octanol–water partition coefficient (Wildman–Crippen LogP) is 2.27. The number of hydrogen-bond donors (Lipinski definition) is 1. The average Bonchev–Trinajstić information content (AvgIpc) is 2.55. The lowest BCUT2D eigenvalue weighted by molar-refractivity contribution is 0.202. The number of benzene rings is 1. The van der Waals surface area contributed by atoms with Crippen molar-refractivity contribution >= 4 is 0 Å². The fourth-order valence-corrected chi connectivity index (χ4v) is 2.75. The molecule has 1 saturated heterocycles. The number of nitrogens with zero attached hydrogens (tertiary/aromatic N) is 2. The molecule has 3 rings (SSSR count). The third kappa shape index (κ3) is 3.44. The van der Waals surface area contributed by atoms with Crippen molar-refractivity contribution in [2.45, 2.75) is 12.5 Å². The second-order valence-corrected chi connectivity index (χ2v) is 5.33. The second kappa shape index (κ2) is 6.64. The van der Waals surface area contributed by atoms with Gasteiger partial charge in [-0.05, 0) is 23.6 Å². The predicted molar refractivity (Wildman–Crippen MR) is 81.6 cm³/mol. The van der Waals surface area contributed by atoms with Crippen molar-refractivity contribution in [2.75, 3.05) is 26.2 Å². The molecule has 104 valence electrons. The molecule has 0 saturated carbocycles. The molecule has 3 nitrogen and oxygen atoms in total. The number of nitrogens with one attached hydrogen (secondary N) is 1. The first-order valence-corrected chi connectivity index (χ1v) is 7.31. The highest BCUT2D eigenvalue weighted by Gasteiger charge is 2.20. The summed E-state index contributed by atoms with van der Waals surface area (Å²) in [5, 5.41) is 3.58. The molecule has 1 aromatic carbocycles. The van der Waals surface area contributed by atoms with E-state index in [4.69, 9.17) is 0 Å². The smallest absolute Gasteiger partial charge is 0.0465 e. The SMILES string of the molecule is c1ccc(CCN2CCNC(c3cccnc3)C2)cc1. The summed E-state index contributed by atoms with van der Waals surface area (Å²) in [6, 6.07) is 15.3. The van der Waals surface area contributed by atoms with Gasteiger partial charge in [0, 0.05) is 44.6 Å². The Balaban J connectivity index is 1.56. The molecule has 1 N–H and O–H groups in total. The van der Waals surface area contributed by atoms with Crippen molar-refractivity contribution in [1.29, 1.82) is 0 Å². The van der Waals surface area contributed by atoms with Crippen molar-refractivity contribution in [1.82, 2.24) is 15.2 Å². The molecule has 1 unspecified atom stereocenters. The van der Waals surface area contributed by atoms with Crippen molar-refractivity contribution in [3.8, 4) is 0 Å². The van der Waals surface area contributed by atoms with Gasteiger partial charge in [0.25, 0.3) is 0 Å². The first kappa shape index (κ1) is 13.3. The van der Waals surface area contributed by atoms with Crippen LogP contribution in [-0.2, 0) is 6.42 Å². The number of aromatic nitrogens is 1. The molecule has 1 aromatic heterocycles. The minimum Gasteiger partial charge on any atom is -0.308 e. The molecule has 1 atom stereocenters. The first-order valence-electron chi connectivity index (χ1n) is 7.31. The van der Waals surface area contributed by atoms with E-state index in [1.54, 1.807) is 0 Å². The summed E-state index contributed by atoms with van der Waals surface area (Å²) < 4.78 is 0. The van der Waals surface area contributed by atoms with Crippen molar-refractivity contribution in [3.63, 3.8) is 0 Å². The Hall–Kier alpha value is -1.71. The van der Waals surface area contributed by atoms with Crippen LogP contribution in [0.15, 0.2) is 54.9 Å².